The summed E-state index contributed by atoms with van der Waals surface area (Å²) in [6.07, 6.45) is 2.76. The van der Waals surface area contributed by atoms with Crippen LogP contribution in [0.4, 0.5) is 4.79 Å². The van der Waals surface area contributed by atoms with E-state index in [0.717, 1.165) is 12.8 Å². The van der Waals surface area contributed by atoms with E-state index in [0.29, 0.717) is 12.3 Å². The third kappa shape index (κ3) is 1.34. The van der Waals surface area contributed by atoms with Gasteiger partial charge in [0.05, 0.1) is 0 Å². The highest BCUT2D eigenvalue weighted by Gasteiger charge is 2.36. The number of imide groups is 1. The molecule has 4 nitrogen and oxygen atoms in total. The van der Waals surface area contributed by atoms with Crippen molar-refractivity contribution >= 4 is 11.9 Å². The quantitative estimate of drug-likeness (QED) is 0.558. The molecular formula is C7H10N2O2. The Morgan fingerprint density at radius 1 is 1.27 bits per heavy atom. The highest BCUT2D eigenvalue weighted by Crippen LogP contribution is 2.34. The Hall–Kier alpha value is -1.06. The summed E-state index contributed by atoms with van der Waals surface area (Å²) in [5, 5.41) is 4.94. The van der Waals surface area contributed by atoms with Gasteiger partial charge in [0.2, 0.25) is 5.91 Å². The van der Waals surface area contributed by atoms with Crippen molar-refractivity contribution in [1.82, 2.24) is 10.6 Å². The van der Waals surface area contributed by atoms with Crippen molar-refractivity contribution in [3.8, 4) is 0 Å². The summed E-state index contributed by atoms with van der Waals surface area (Å²) in [6.45, 7) is 0. The molecule has 1 saturated carbocycles. The van der Waals surface area contributed by atoms with Gasteiger partial charge in [0.25, 0.3) is 0 Å². The molecule has 0 aromatic rings. The van der Waals surface area contributed by atoms with Gasteiger partial charge in [-0.3, -0.25) is 10.1 Å². The van der Waals surface area contributed by atoms with E-state index in [1.807, 2.05) is 0 Å². The molecule has 3 amide bonds. The molecule has 11 heavy (non-hydrogen) atoms. The molecule has 2 rings (SSSR count). The fourth-order valence-corrected chi connectivity index (χ4v) is 1.42. The van der Waals surface area contributed by atoms with Crippen molar-refractivity contribution in [2.45, 2.75) is 25.3 Å². The molecular weight excluding hydrogens is 144 g/mol. The summed E-state index contributed by atoms with van der Waals surface area (Å²) in [5.74, 6) is 0.413. The van der Waals surface area contributed by atoms with Crippen LogP contribution in [0.15, 0.2) is 0 Å². The average molecular weight is 154 g/mol. The van der Waals surface area contributed by atoms with Gasteiger partial charge < -0.3 is 5.32 Å². The van der Waals surface area contributed by atoms with Crippen LogP contribution in [-0.2, 0) is 4.79 Å². The maximum absolute atomic E-state index is 10.8. The van der Waals surface area contributed by atoms with E-state index in [1.54, 1.807) is 0 Å². The van der Waals surface area contributed by atoms with Gasteiger partial charge >= 0.3 is 6.03 Å². The van der Waals surface area contributed by atoms with Crippen LogP contribution in [0.1, 0.15) is 19.3 Å². The monoisotopic (exact) mass is 154 g/mol. The second-order valence-electron chi connectivity index (χ2n) is 3.17. The van der Waals surface area contributed by atoms with Gasteiger partial charge in [-0.15, -0.1) is 0 Å². The topological polar surface area (TPSA) is 58.2 Å². The minimum atomic E-state index is -0.335. The minimum absolute atomic E-state index is 0.108. The lowest BCUT2D eigenvalue weighted by molar-refractivity contribution is -0.121. The van der Waals surface area contributed by atoms with Crippen molar-refractivity contribution in [2.24, 2.45) is 5.92 Å². The molecule has 0 spiro atoms. The number of carbonyl (C=O) groups is 2. The Balaban J connectivity index is 1.99. The molecule has 2 N–H and O–H groups in total. The minimum Gasteiger partial charge on any atom is -0.334 e. The second-order valence-corrected chi connectivity index (χ2v) is 3.17. The Kier molecular flexibility index (Phi) is 1.34. The lowest BCUT2D eigenvalue weighted by Crippen LogP contribution is -2.52. The molecule has 0 radical (unpaired) electrons. The molecule has 2 aliphatic rings. The van der Waals surface area contributed by atoms with E-state index < -0.39 is 0 Å². The van der Waals surface area contributed by atoms with Crippen LogP contribution in [-0.4, -0.2) is 18.0 Å². The van der Waals surface area contributed by atoms with Crippen LogP contribution in [0.2, 0.25) is 0 Å². The fourth-order valence-electron chi connectivity index (χ4n) is 1.42. The molecule has 1 saturated heterocycles. The van der Waals surface area contributed by atoms with Crippen LogP contribution in [0.5, 0.6) is 0 Å². The molecule has 2 fully saturated rings. The zero-order valence-electron chi connectivity index (χ0n) is 6.09. The first kappa shape index (κ1) is 6.64. The molecule has 1 aliphatic carbocycles. The zero-order valence-corrected chi connectivity index (χ0v) is 6.09. The summed E-state index contributed by atoms with van der Waals surface area (Å²) in [4.78, 5) is 21.6. The first-order chi connectivity index (χ1) is 5.25. The summed E-state index contributed by atoms with van der Waals surface area (Å²) < 4.78 is 0. The van der Waals surface area contributed by atoms with Gasteiger partial charge in [0.1, 0.15) is 0 Å². The molecule has 0 bridgehead atoms. The SMILES string of the molecule is O=C1CC(C2CC2)NC(=O)N1. The predicted octanol–water partition coefficient (Wildman–Crippen LogP) is -0.00550. The van der Waals surface area contributed by atoms with E-state index in [1.165, 1.54) is 0 Å². The number of hydrogen-bond acceptors (Lipinski definition) is 2. The number of amides is 3. The predicted molar refractivity (Wildman–Crippen MR) is 37.8 cm³/mol. The summed E-state index contributed by atoms with van der Waals surface area (Å²) in [7, 11) is 0. The smallest absolute Gasteiger partial charge is 0.321 e. The van der Waals surface area contributed by atoms with Crippen molar-refractivity contribution in [3.05, 3.63) is 0 Å². The third-order valence-corrected chi connectivity index (χ3v) is 2.17. The van der Waals surface area contributed by atoms with Gasteiger partial charge in [-0.2, -0.15) is 0 Å². The summed E-state index contributed by atoms with van der Waals surface area (Å²) in [5.41, 5.74) is 0. The standard InChI is InChI=1S/C7H10N2O2/c10-6-3-5(4-1-2-4)8-7(11)9-6/h4-5H,1-3H2,(H2,8,9,10,11). The van der Waals surface area contributed by atoms with Gasteiger partial charge in [0.15, 0.2) is 0 Å². The zero-order chi connectivity index (χ0) is 7.84. The highest BCUT2D eigenvalue weighted by molar-refractivity contribution is 5.97. The Bertz CT molecular complexity index is 194. The van der Waals surface area contributed by atoms with Crippen LogP contribution < -0.4 is 10.6 Å². The van der Waals surface area contributed by atoms with Gasteiger partial charge in [0, 0.05) is 12.5 Å². The number of hydrogen-bond donors (Lipinski definition) is 2. The Morgan fingerprint density at radius 3 is 2.55 bits per heavy atom. The van der Waals surface area contributed by atoms with Crippen molar-refractivity contribution in [3.63, 3.8) is 0 Å². The van der Waals surface area contributed by atoms with E-state index >= 15 is 0 Å². The molecule has 60 valence electrons. The van der Waals surface area contributed by atoms with E-state index in [9.17, 15) is 9.59 Å². The largest absolute Gasteiger partial charge is 0.334 e. The maximum Gasteiger partial charge on any atom is 0.321 e. The van der Waals surface area contributed by atoms with E-state index in [-0.39, 0.29) is 18.0 Å². The lowest BCUT2D eigenvalue weighted by Gasteiger charge is -2.22. The molecule has 1 heterocycles. The van der Waals surface area contributed by atoms with Crippen molar-refractivity contribution in [2.75, 3.05) is 0 Å². The molecule has 1 unspecified atom stereocenters. The molecule has 4 heteroatoms. The van der Waals surface area contributed by atoms with Gasteiger partial charge in [-0.1, -0.05) is 0 Å². The molecule has 1 aliphatic heterocycles. The number of carbonyl (C=O) groups excluding carboxylic acids is 2. The molecule has 0 aromatic heterocycles. The third-order valence-electron chi connectivity index (χ3n) is 2.17. The van der Waals surface area contributed by atoms with Crippen molar-refractivity contribution < 1.29 is 9.59 Å². The summed E-state index contributed by atoms with van der Waals surface area (Å²) in [6, 6.07) is -0.227. The van der Waals surface area contributed by atoms with Crippen LogP contribution >= 0.6 is 0 Å². The fraction of sp³-hybridized carbons (Fsp3) is 0.714. The number of rotatable bonds is 1. The van der Waals surface area contributed by atoms with Crippen LogP contribution in [0.3, 0.4) is 0 Å². The second kappa shape index (κ2) is 2.22. The van der Waals surface area contributed by atoms with Crippen molar-refractivity contribution in [1.29, 1.82) is 0 Å². The molecule has 0 aromatic carbocycles. The van der Waals surface area contributed by atoms with E-state index in [2.05, 4.69) is 10.6 Å². The van der Waals surface area contributed by atoms with Gasteiger partial charge in [-0.05, 0) is 18.8 Å². The number of nitrogens with one attached hydrogen (secondary N) is 2. The maximum atomic E-state index is 10.8. The first-order valence-corrected chi connectivity index (χ1v) is 3.86. The average Bonchev–Trinajstić information content (AvgIpc) is 2.64. The highest BCUT2D eigenvalue weighted by atomic mass is 16.2. The van der Waals surface area contributed by atoms with Crippen LogP contribution in [0, 0.1) is 5.92 Å². The Labute approximate surface area is 64.3 Å². The first-order valence-electron chi connectivity index (χ1n) is 3.86. The Morgan fingerprint density at radius 2 is 2.00 bits per heavy atom. The van der Waals surface area contributed by atoms with E-state index in [4.69, 9.17) is 0 Å². The lowest BCUT2D eigenvalue weighted by atomic mass is 10.1. The number of urea groups is 1. The normalized spacial score (nSPS) is 31.1. The van der Waals surface area contributed by atoms with Crippen LogP contribution in [0.25, 0.3) is 0 Å². The molecule has 1 atom stereocenters. The van der Waals surface area contributed by atoms with Gasteiger partial charge in [-0.25, -0.2) is 4.79 Å². The summed E-state index contributed by atoms with van der Waals surface area (Å²) >= 11 is 0.